The maximum atomic E-state index is 14.5. The summed E-state index contributed by atoms with van der Waals surface area (Å²) in [5.41, 5.74) is 3.18. The van der Waals surface area contributed by atoms with E-state index in [0.717, 1.165) is 62.5 Å². The number of imidazole rings is 1. The highest BCUT2D eigenvalue weighted by Gasteiger charge is 2.29. The van der Waals surface area contributed by atoms with Crippen molar-refractivity contribution in [1.29, 1.82) is 0 Å². The van der Waals surface area contributed by atoms with Crippen molar-refractivity contribution >= 4 is 22.6 Å². The summed E-state index contributed by atoms with van der Waals surface area (Å²) in [5.74, 6) is -1.50. The molecule has 0 atom stereocenters. The number of carbonyl (C=O) groups is 1. The van der Waals surface area contributed by atoms with E-state index >= 15 is 0 Å². The van der Waals surface area contributed by atoms with E-state index in [1.54, 1.807) is 6.07 Å². The monoisotopic (exact) mass is 704 g/mol. The van der Waals surface area contributed by atoms with E-state index in [1.807, 2.05) is 18.2 Å². The van der Waals surface area contributed by atoms with Crippen LogP contribution in [0.1, 0.15) is 47.8 Å². The van der Waals surface area contributed by atoms with Gasteiger partial charge in [-0.25, -0.2) is 28.1 Å². The number of nitrogens with zero attached hydrogens (tertiary/aromatic N) is 6. The Hall–Kier alpha value is -5.53. The molecule has 11 nitrogen and oxygen atoms in total. The largest absolute Gasteiger partial charge is 0.348 e. The average Bonchev–Trinajstić information content (AvgIpc) is 3.59. The molecular formula is C39H38F2N8O3. The van der Waals surface area contributed by atoms with Gasteiger partial charge in [0.25, 0.3) is 11.5 Å². The van der Waals surface area contributed by atoms with E-state index in [9.17, 15) is 23.2 Å². The molecule has 1 aliphatic carbocycles. The van der Waals surface area contributed by atoms with Gasteiger partial charge in [0.1, 0.15) is 23.0 Å². The third-order valence-electron chi connectivity index (χ3n) is 10.3. The summed E-state index contributed by atoms with van der Waals surface area (Å²) in [4.78, 5) is 52.1. The van der Waals surface area contributed by atoms with E-state index in [2.05, 4.69) is 49.8 Å². The van der Waals surface area contributed by atoms with Gasteiger partial charge in [-0.1, -0.05) is 36.4 Å². The van der Waals surface area contributed by atoms with Gasteiger partial charge < -0.3 is 19.9 Å². The number of aromatic nitrogens is 5. The normalized spacial score (nSPS) is 18.2. The molecule has 1 aliphatic heterocycles. The first-order valence-electron chi connectivity index (χ1n) is 17.7. The zero-order valence-corrected chi connectivity index (χ0v) is 28.5. The van der Waals surface area contributed by atoms with Crippen molar-refractivity contribution in [2.24, 2.45) is 0 Å². The van der Waals surface area contributed by atoms with Crippen LogP contribution in [0.2, 0.25) is 0 Å². The molecule has 2 N–H and O–H groups in total. The zero-order valence-electron chi connectivity index (χ0n) is 28.5. The lowest BCUT2D eigenvalue weighted by Gasteiger charge is -2.30. The molecule has 0 bridgehead atoms. The quantitative estimate of drug-likeness (QED) is 0.240. The van der Waals surface area contributed by atoms with Gasteiger partial charge in [-0.3, -0.25) is 14.2 Å². The Balaban J connectivity index is 1.04. The van der Waals surface area contributed by atoms with Crippen LogP contribution in [0.3, 0.4) is 0 Å². The zero-order chi connectivity index (χ0) is 35.8. The van der Waals surface area contributed by atoms with Crippen molar-refractivity contribution in [3.8, 4) is 16.8 Å². The molecule has 2 aliphatic rings. The average molecular weight is 705 g/mol. The van der Waals surface area contributed by atoms with E-state index in [4.69, 9.17) is 0 Å². The Bertz CT molecular complexity index is 2390. The second-order valence-corrected chi connectivity index (χ2v) is 13.6. The Kier molecular flexibility index (Phi) is 9.20. The van der Waals surface area contributed by atoms with Crippen molar-refractivity contribution in [2.45, 2.75) is 44.2 Å². The first-order chi connectivity index (χ1) is 25.3. The van der Waals surface area contributed by atoms with Crippen molar-refractivity contribution in [3.63, 3.8) is 0 Å². The van der Waals surface area contributed by atoms with Gasteiger partial charge in [-0.15, -0.1) is 0 Å². The van der Waals surface area contributed by atoms with Gasteiger partial charge in [0, 0.05) is 57.2 Å². The summed E-state index contributed by atoms with van der Waals surface area (Å²) in [6.45, 7) is 5.17. The van der Waals surface area contributed by atoms with Gasteiger partial charge in [0.05, 0.1) is 17.3 Å². The molecule has 5 heterocycles. The van der Waals surface area contributed by atoms with Gasteiger partial charge in [0.2, 0.25) is 0 Å². The van der Waals surface area contributed by atoms with Crippen LogP contribution in [0, 0.1) is 11.6 Å². The van der Waals surface area contributed by atoms with Crippen molar-refractivity contribution in [3.05, 3.63) is 129 Å². The third-order valence-corrected chi connectivity index (χ3v) is 10.3. The Morgan fingerprint density at radius 3 is 2.46 bits per heavy atom. The minimum absolute atomic E-state index is 0.0116. The van der Waals surface area contributed by atoms with Crippen molar-refractivity contribution in [2.75, 3.05) is 32.7 Å². The molecule has 1 saturated heterocycles. The molecule has 2 fully saturated rings. The standard InChI is InChI=1S/C39H38F2N8O3/c40-28-8-13-35-45-34(24-47(35)23-28)37(50)44-30-9-11-31(12-10-30)49-38(51)33-21-29(41)22-43-36(33)48(39(49)52)32-3-1-2-27(20-32)26-6-4-25(5-7-26)14-17-46-18-15-42-16-19-46/h1-8,13,20-24,30-31,42H,9-12,14-19H2,(H,44,50). The molecule has 0 unspecified atom stereocenters. The van der Waals surface area contributed by atoms with Crippen LogP contribution in [-0.4, -0.2) is 73.1 Å². The van der Waals surface area contributed by atoms with E-state index < -0.39 is 28.9 Å². The third kappa shape index (κ3) is 6.76. The molecule has 0 radical (unpaired) electrons. The maximum Gasteiger partial charge on any atom is 0.337 e. The van der Waals surface area contributed by atoms with E-state index in [0.29, 0.717) is 37.0 Å². The van der Waals surface area contributed by atoms with E-state index in [1.165, 1.54) is 43.6 Å². The Labute approximate surface area is 297 Å². The molecular weight excluding hydrogens is 666 g/mol. The van der Waals surface area contributed by atoms with Crippen LogP contribution < -0.4 is 21.9 Å². The number of piperazine rings is 1. The number of pyridine rings is 2. The Morgan fingerprint density at radius 2 is 1.67 bits per heavy atom. The minimum atomic E-state index is -0.673. The highest BCUT2D eigenvalue weighted by molar-refractivity contribution is 5.93. The molecule has 1 saturated carbocycles. The number of rotatable bonds is 8. The summed E-state index contributed by atoms with van der Waals surface area (Å²) in [7, 11) is 0. The number of amides is 1. The first-order valence-corrected chi connectivity index (χ1v) is 17.7. The predicted molar refractivity (Wildman–Crippen MR) is 194 cm³/mol. The SMILES string of the molecule is O=C(NC1CCC(n2c(=O)c3cc(F)cnc3n(-c3cccc(-c4ccc(CCN5CCNCC5)cc4)c3)c2=O)CC1)c1cn2cc(F)ccc2n1. The summed E-state index contributed by atoms with van der Waals surface area (Å²) < 4.78 is 32.2. The van der Waals surface area contributed by atoms with Crippen LogP contribution in [0.4, 0.5) is 8.78 Å². The number of fused-ring (bicyclic) bond motifs is 2. The summed E-state index contributed by atoms with van der Waals surface area (Å²) in [5, 5.41) is 6.39. The molecule has 4 aromatic heterocycles. The lowest BCUT2D eigenvalue weighted by Crippen LogP contribution is -2.45. The molecule has 0 spiro atoms. The molecule has 2 aromatic carbocycles. The maximum absolute atomic E-state index is 14.5. The van der Waals surface area contributed by atoms with Crippen LogP contribution in [0.15, 0.2) is 94.9 Å². The number of hydrogen-bond donors (Lipinski definition) is 2. The number of benzene rings is 2. The summed E-state index contributed by atoms with van der Waals surface area (Å²) >= 11 is 0. The highest BCUT2D eigenvalue weighted by atomic mass is 19.1. The smallest absolute Gasteiger partial charge is 0.337 e. The van der Waals surface area contributed by atoms with E-state index in [-0.39, 0.29) is 28.7 Å². The second kappa shape index (κ2) is 14.2. The van der Waals surface area contributed by atoms with Gasteiger partial charge >= 0.3 is 5.69 Å². The van der Waals surface area contributed by atoms with Crippen LogP contribution in [0.25, 0.3) is 33.5 Å². The van der Waals surface area contributed by atoms with Crippen LogP contribution in [-0.2, 0) is 6.42 Å². The molecule has 6 aromatic rings. The van der Waals surface area contributed by atoms with Gasteiger partial charge in [-0.05, 0) is 79.1 Å². The lowest BCUT2D eigenvalue weighted by atomic mass is 9.90. The fraction of sp³-hybridized carbons (Fsp3) is 0.308. The molecule has 266 valence electrons. The van der Waals surface area contributed by atoms with Gasteiger partial charge in [-0.2, -0.15) is 0 Å². The predicted octanol–water partition coefficient (Wildman–Crippen LogP) is 4.50. The molecule has 52 heavy (non-hydrogen) atoms. The number of hydrogen-bond acceptors (Lipinski definition) is 7. The molecule has 13 heteroatoms. The highest BCUT2D eigenvalue weighted by Crippen LogP contribution is 2.29. The molecule has 1 amide bonds. The van der Waals surface area contributed by atoms with Crippen molar-refractivity contribution < 1.29 is 13.6 Å². The van der Waals surface area contributed by atoms with Gasteiger partial charge in [0.15, 0.2) is 5.65 Å². The topological polar surface area (TPSA) is 119 Å². The van der Waals surface area contributed by atoms with Crippen LogP contribution >= 0.6 is 0 Å². The van der Waals surface area contributed by atoms with Crippen LogP contribution in [0.5, 0.6) is 0 Å². The fourth-order valence-electron chi connectivity index (χ4n) is 7.46. The fourth-order valence-corrected chi connectivity index (χ4v) is 7.46. The number of nitrogens with one attached hydrogen (secondary N) is 2. The summed E-state index contributed by atoms with van der Waals surface area (Å²) in [6.07, 6.45) is 6.58. The first kappa shape index (κ1) is 33.6. The number of carbonyl (C=O) groups excluding carboxylic acids is 1. The Morgan fingerprint density at radius 1 is 0.885 bits per heavy atom. The summed E-state index contributed by atoms with van der Waals surface area (Å²) in [6, 6.07) is 19.1. The molecule has 8 rings (SSSR count). The minimum Gasteiger partial charge on any atom is -0.348 e. The lowest BCUT2D eigenvalue weighted by molar-refractivity contribution is 0.0917. The van der Waals surface area contributed by atoms with Crippen molar-refractivity contribution in [1.82, 2.24) is 39.0 Å². The number of halogens is 2. The second-order valence-electron chi connectivity index (χ2n) is 13.6.